The number of ether oxygens (including phenoxy) is 2. The number of benzene rings is 2. The Morgan fingerprint density at radius 3 is 2.23 bits per heavy atom. The average molecular weight is 428 g/mol. The predicted octanol–water partition coefficient (Wildman–Crippen LogP) is 1.81. The molecule has 0 aliphatic heterocycles. The van der Waals surface area contributed by atoms with Crippen molar-refractivity contribution in [2.75, 3.05) is 27.9 Å². The van der Waals surface area contributed by atoms with Gasteiger partial charge in [0.05, 0.1) is 23.8 Å². The molecule has 0 saturated heterocycles. The van der Waals surface area contributed by atoms with Crippen molar-refractivity contribution < 1.29 is 39.2 Å². The molecule has 0 fully saturated rings. The van der Waals surface area contributed by atoms with Crippen LogP contribution in [0.1, 0.15) is 49.4 Å². The number of hydrogen-bond donors (Lipinski definition) is 3. The molecule has 0 aromatic heterocycles. The van der Waals surface area contributed by atoms with E-state index >= 15 is 0 Å². The van der Waals surface area contributed by atoms with Crippen molar-refractivity contribution in [2.45, 2.75) is 19.3 Å². The first-order valence-corrected chi connectivity index (χ1v) is 9.71. The summed E-state index contributed by atoms with van der Waals surface area (Å²) in [7, 11) is 4.63. The summed E-state index contributed by atoms with van der Waals surface area (Å²) in [5.74, 6) is -2.56. The second kappa shape index (κ2) is 8.87. The highest BCUT2D eigenvalue weighted by molar-refractivity contribution is 6.31. The highest BCUT2D eigenvalue weighted by Crippen LogP contribution is 2.47. The fourth-order valence-corrected chi connectivity index (χ4v) is 4.21. The van der Waals surface area contributed by atoms with Crippen LogP contribution in [0.2, 0.25) is 0 Å². The number of aromatic hydroxyl groups is 2. The first-order chi connectivity index (χ1) is 14.8. The Hall–Kier alpha value is -3.23. The number of aliphatic hydroxyl groups excluding tert-OH is 1. The Labute approximate surface area is 179 Å². The number of Topliss-reactive ketones (excluding diaryl/α,β-unsaturated/α-hetero) is 1. The first kappa shape index (κ1) is 22.5. The van der Waals surface area contributed by atoms with Crippen LogP contribution in [0.5, 0.6) is 17.2 Å². The Morgan fingerprint density at radius 2 is 1.61 bits per heavy atom. The average Bonchev–Trinajstić information content (AvgIpc) is 2.78. The van der Waals surface area contributed by atoms with Crippen LogP contribution in [0.4, 0.5) is 0 Å². The van der Waals surface area contributed by atoms with Crippen molar-refractivity contribution in [1.82, 2.24) is 0 Å². The molecule has 3 N–H and O–H groups in total. The Kier molecular flexibility index (Phi) is 6.42. The van der Waals surface area contributed by atoms with Crippen LogP contribution in [-0.4, -0.2) is 60.6 Å². The van der Waals surface area contributed by atoms with E-state index in [0.29, 0.717) is 12.0 Å². The van der Waals surface area contributed by atoms with Crippen molar-refractivity contribution >= 4 is 17.3 Å². The zero-order valence-corrected chi connectivity index (χ0v) is 17.5. The van der Waals surface area contributed by atoms with Crippen LogP contribution < -0.4 is 4.74 Å². The maximum Gasteiger partial charge on any atom is 0.202 e. The van der Waals surface area contributed by atoms with Gasteiger partial charge in [-0.15, -0.1) is 0 Å². The van der Waals surface area contributed by atoms with Crippen LogP contribution in [0.25, 0.3) is 0 Å². The molecule has 0 radical (unpaired) electrons. The third-order valence-corrected chi connectivity index (χ3v) is 5.64. The van der Waals surface area contributed by atoms with Crippen LogP contribution in [0, 0.1) is 5.92 Å². The summed E-state index contributed by atoms with van der Waals surface area (Å²) in [6.07, 6.45) is 0.715. The van der Waals surface area contributed by atoms with E-state index in [1.54, 1.807) is 26.4 Å². The molecule has 0 spiro atoms. The molecule has 2 aliphatic carbocycles. The SMILES string of the molecule is COC.COc1cccc2c1C(=O)c1c(O)c3c(c(O)c1C2=O)CC(C(=O)CO)CC3. The fourth-order valence-electron chi connectivity index (χ4n) is 4.21. The van der Waals surface area contributed by atoms with E-state index in [9.17, 15) is 24.6 Å². The minimum Gasteiger partial charge on any atom is -0.507 e. The second-order valence-corrected chi connectivity index (χ2v) is 7.42. The second-order valence-electron chi connectivity index (χ2n) is 7.42. The number of methoxy groups -OCH3 is 2. The third-order valence-electron chi connectivity index (χ3n) is 5.64. The number of aliphatic hydroxyl groups is 1. The van der Waals surface area contributed by atoms with Gasteiger partial charge in [0, 0.05) is 36.8 Å². The maximum atomic E-state index is 13.1. The van der Waals surface area contributed by atoms with E-state index in [4.69, 9.17) is 9.84 Å². The number of fused-ring (bicyclic) bond motifs is 3. The van der Waals surface area contributed by atoms with Gasteiger partial charge in [-0.3, -0.25) is 14.4 Å². The topological polar surface area (TPSA) is 130 Å². The lowest BCUT2D eigenvalue weighted by atomic mass is 9.75. The molecule has 1 unspecified atom stereocenters. The summed E-state index contributed by atoms with van der Waals surface area (Å²) < 4.78 is 9.45. The molecule has 0 heterocycles. The normalized spacial score (nSPS) is 16.5. The third kappa shape index (κ3) is 3.58. The Balaban J connectivity index is 0.000000858. The zero-order chi connectivity index (χ0) is 22.9. The van der Waals surface area contributed by atoms with Gasteiger partial charge in [-0.05, 0) is 25.3 Å². The molecule has 0 amide bonds. The summed E-state index contributed by atoms with van der Waals surface area (Å²) in [4.78, 5) is 38.1. The molecule has 8 nitrogen and oxygen atoms in total. The van der Waals surface area contributed by atoms with Crippen LogP contribution in [-0.2, 0) is 22.4 Å². The first-order valence-electron chi connectivity index (χ1n) is 9.71. The van der Waals surface area contributed by atoms with Gasteiger partial charge in [-0.25, -0.2) is 0 Å². The molecule has 8 heteroatoms. The van der Waals surface area contributed by atoms with Gasteiger partial charge in [0.1, 0.15) is 23.9 Å². The number of rotatable bonds is 3. The lowest BCUT2D eigenvalue weighted by molar-refractivity contribution is -0.125. The standard InChI is InChI=1S/C21H18O7.C2H6O/c1-28-14-4-2-3-11-15(14)21(27)17-16(19(11)25)20(26)12-7-9(13(23)8-22)5-6-10(12)18(17)24;1-3-2/h2-4,9,22,24,26H,5-8H2,1H3;1-2H3. The molecule has 164 valence electrons. The minimum absolute atomic E-state index is 0.0568. The molecule has 31 heavy (non-hydrogen) atoms. The molecule has 2 aliphatic rings. The fraction of sp³-hybridized carbons (Fsp3) is 0.348. The van der Waals surface area contributed by atoms with E-state index in [1.165, 1.54) is 13.2 Å². The van der Waals surface area contributed by atoms with E-state index in [-0.39, 0.29) is 63.7 Å². The van der Waals surface area contributed by atoms with Crippen molar-refractivity contribution in [3.8, 4) is 17.2 Å². The van der Waals surface area contributed by atoms with Gasteiger partial charge in [0.15, 0.2) is 11.6 Å². The van der Waals surface area contributed by atoms with Crippen LogP contribution in [0.3, 0.4) is 0 Å². The number of carbonyl (C=O) groups excluding carboxylic acids is 3. The van der Waals surface area contributed by atoms with Gasteiger partial charge >= 0.3 is 0 Å². The largest absolute Gasteiger partial charge is 0.507 e. The number of hydrogen-bond acceptors (Lipinski definition) is 8. The highest BCUT2D eigenvalue weighted by Gasteiger charge is 2.40. The van der Waals surface area contributed by atoms with Crippen LogP contribution in [0.15, 0.2) is 18.2 Å². The molecule has 2 aromatic carbocycles. The minimum atomic E-state index is -0.609. The summed E-state index contributed by atoms with van der Waals surface area (Å²) in [6.45, 7) is -0.609. The number of ketones is 3. The van der Waals surface area contributed by atoms with Gasteiger partial charge in [-0.1, -0.05) is 12.1 Å². The Morgan fingerprint density at radius 1 is 1.00 bits per heavy atom. The Bertz CT molecular complexity index is 1070. The van der Waals surface area contributed by atoms with Crippen molar-refractivity contribution in [2.24, 2.45) is 5.92 Å². The van der Waals surface area contributed by atoms with Crippen molar-refractivity contribution in [3.05, 3.63) is 51.6 Å². The van der Waals surface area contributed by atoms with E-state index in [2.05, 4.69) is 4.74 Å². The number of phenolic OH excluding ortho intramolecular Hbond substituents is 2. The lowest BCUT2D eigenvalue weighted by Crippen LogP contribution is -2.28. The van der Waals surface area contributed by atoms with Gasteiger partial charge in [-0.2, -0.15) is 0 Å². The monoisotopic (exact) mass is 428 g/mol. The predicted molar refractivity (Wildman–Crippen MR) is 110 cm³/mol. The van der Waals surface area contributed by atoms with E-state index in [0.717, 1.165) is 0 Å². The highest BCUT2D eigenvalue weighted by atomic mass is 16.5. The maximum absolute atomic E-state index is 13.1. The van der Waals surface area contributed by atoms with Gasteiger partial charge < -0.3 is 24.8 Å². The van der Waals surface area contributed by atoms with Crippen molar-refractivity contribution in [3.63, 3.8) is 0 Å². The molecule has 0 saturated carbocycles. The molecule has 2 aromatic rings. The molecular weight excluding hydrogens is 404 g/mol. The van der Waals surface area contributed by atoms with Crippen molar-refractivity contribution in [1.29, 1.82) is 0 Å². The van der Waals surface area contributed by atoms with Gasteiger partial charge in [0.25, 0.3) is 0 Å². The number of carbonyl (C=O) groups is 3. The van der Waals surface area contributed by atoms with E-state index < -0.39 is 24.1 Å². The summed E-state index contributed by atoms with van der Waals surface area (Å²) in [5.41, 5.74) is 0.301. The van der Waals surface area contributed by atoms with E-state index in [1.807, 2.05) is 0 Å². The molecule has 1 atom stereocenters. The summed E-state index contributed by atoms with van der Waals surface area (Å²) in [5, 5.41) is 30.7. The molecule has 4 rings (SSSR count). The summed E-state index contributed by atoms with van der Waals surface area (Å²) in [6, 6.07) is 4.59. The molecule has 0 bridgehead atoms. The zero-order valence-electron chi connectivity index (χ0n) is 17.5. The smallest absolute Gasteiger partial charge is 0.202 e. The summed E-state index contributed by atoms with van der Waals surface area (Å²) >= 11 is 0. The number of phenols is 2. The van der Waals surface area contributed by atoms with Crippen LogP contribution >= 0.6 is 0 Å². The lowest BCUT2D eigenvalue weighted by Gasteiger charge is -2.29. The molecular formula is C23H24O8. The quantitative estimate of drug-likeness (QED) is 0.539. The van der Waals surface area contributed by atoms with Gasteiger partial charge in [0.2, 0.25) is 5.78 Å².